The minimum absolute atomic E-state index is 0.245. The fraction of sp³-hybridized carbons (Fsp3) is 1.00. The van der Waals surface area contributed by atoms with Gasteiger partial charge in [-0.3, -0.25) is 0 Å². The molecule has 0 fully saturated rings. The summed E-state index contributed by atoms with van der Waals surface area (Å²) in [6, 6.07) is 1.14. The molecule has 0 unspecified atom stereocenters. The van der Waals surface area contributed by atoms with E-state index in [0.717, 1.165) is 12.5 Å². The van der Waals surface area contributed by atoms with E-state index in [2.05, 4.69) is 13.1 Å². The molecule has 0 atom stereocenters. The monoisotopic (exact) mass is 164 g/mol. The van der Waals surface area contributed by atoms with Crippen molar-refractivity contribution in [2.24, 2.45) is 0 Å². The third-order valence-corrected chi connectivity index (χ3v) is 5.40. The molecule has 2 nitrogen and oxygen atoms in total. The Hall–Kier alpha value is 0.354. The van der Waals surface area contributed by atoms with Crippen molar-refractivity contribution in [2.75, 3.05) is 6.61 Å². The first-order valence-corrected chi connectivity index (χ1v) is 7.85. The average molecular weight is 164 g/mol. The summed E-state index contributed by atoms with van der Waals surface area (Å²) in [5.41, 5.74) is 0. The molecule has 1 N–H and O–H groups in total. The zero-order valence-corrected chi connectivity index (χ0v) is 8.83. The van der Waals surface area contributed by atoms with Gasteiger partial charge < -0.3 is 9.22 Å². The maximum absolute atomic E-state index is 8.41. The lowest BCUT2D eigenvalue weighted by molar-refractivity contribution is 0.294. The lowest BCUT2D eigenvalue weighted by atomic mass is 10.5. The SMILES string of the molecule is C[SiH](C)O[SiH2]CCCO. The summed E-state index contributed by atoms with van der Waals surface area (Å²) < 4.78 is 5.51. The van der Waals surface area contributed by atoms with Crippen LogP contribution in [-0.4, -0.2) is 30.5 Å². The molecule has 0 heterocycles. The molecule has 56 valence electrons. The molecule has 0 radical (unpaired) electrons. The number of hydrogen-bond donors (Lipinski definition) is 1. The summed E-state index contributed by atoms with van der Waals surface area (Å²) in [4.78, 5) is 0. The second-order valence-electron chi connectivity index (χ2n) is 2.35. The van der Waals surface area contributed by atoms with E-state index < -0.39 is 9.04 Å². The van der Waals surface area contributed by atoms with Crippen molar-refractivity contribution in [3.63, 3.8) is 0 Å². The van der Waals surface area contributed by atoms with Crippen molar-refractivity contribution >= 4 is 18.8 Å². The predicted octanol–water partition coefficient (Wildman–Crippen LogP) is -0.129. The van der Waals surface area contributed by atoms with Gasteiger partial charge in [0, 0.05) is 6.61 Å². The maximum atomic E-state index is 8.41. The second kappa shape index (κ2) is 6.47. The van der Waals surface area contributed by atoms with Crippen LogP contribution in [0.3, 0.4) is 0 Å². The lowest BCUT2D eigenvalue weighted by Gasteiger charge is -2.03. The Bertz CT molecular complexity index is 58.9. The smallest absolute Gasteiger partial charge is 0.156 e. The Morgan fingerprint density at radius 2 is 2.22 bits per heavy atom. The molecule has 0 saturated heterocycles. The van der Waals surface area contributed by atoms with Gasteiger partial charge in [0.1, 0.15) is 9.76 Å². The van der Waals surface area contributed by atoms with Crippen LogP contribution in [0.2, 0.25) is 19.1 Å². The van der Waals surface area contributed by atoms with Gasteiger partial charge in [-0.05, 0) is 25.6 Å². The number of aliphatic hydroxyl groups is 1. The van der Waals surface area contributed by atoms with E-state index in [1.807, 2.05) is 0 Å². The molecule has 0 aromatic heterocycles. The van der Waals surface area contributed by atoms with E-state index >= 15 is 0 Å². The number of rotatable bonds is 5. The summed E-state index contributed by atoms with van der Waals surface area (Å²) in [6.07, 6.45) is 0.938. The van der Waals surface area contributed by atoms with Crippen LogP contribution in [0.1, 0.15) is 6.42 Å². The normalized spacial score (nSPS) is 12.0. The van der Waals surface area contributed by atoms with Gasteiger partial charge in [-0.1, -0.05) is 0 Å². The molecule has 0 saturated carbocycles. The van der Waals surface area contributed by atoms with Gasteiger partial charge in [0.2, 0.25) is 0 Å². The highest BCUT2D eigenvalue weighted by Crippen LogP contribution is 1.89. The van der Waals surface area contributed by atoms with Gasteiger partial charge in [0.25, 0.3) is 0 Å². The minimum atomic E-state index is -0.733. The summed E-state index contributed by atoms with van der Waals surface area (Å²) >= 11 is 0. The van der Waals surface area contributed by atoms with Gasteiger partial charge >= 0.3 is 0 Å². The zero-order chi connectivity index (χ0) is 7.11. The molecule has 0 amide bonds. The number of hydrogen-bond acceptors (Lipinski definition) is 2. The van der Waals surface area contributed by atoms with Gasteiger partial charge in [0.05, 0.1) is 0 Å². The molecule has 0 bridgehead atoms. The van der Waals surface area contributed by atoms with Crippen LogP contribution in [0.25, 0.3) is 0 Å². The molecule has 0 rings (SSSR count). The van der Waals surface area contributed by atoms with Crippen LogP contribution >= 0.6 is 0 Å². The van der Waals surface area contributed by atoms with Crippen LogP contribution in [0.15, 0.2) is 0 Å². The van der Waals surface area contributed by atoms with Crippen LogP contribution in [0.4, 0.5) is 0 Å². The van der Waals surface area contributed by atoms with E-state index in [0.29, 0.717) is 6.61 Å². The molecule has 0 aromatic carbocycles. The van der Waals surface area contributed by atoms with Crippen LogP contribution in [0, 0.1) is 0 Å². The first-order chi connectivity index (χ1) is 4.27. The topological polar surface area (TPSA) is 29.5 Å². The molecule has 0 aliphatic carbocycles. The Morgan fingerprint density at radius 1 is 1.56 bits per heavy atom. The Kier molecular flexibility index (Phi) is 6.73. The van der Waals surface area contributed by atoms with E-state index in [-0.39, 0.29) is 9.76 Å². The van der Waals surface area contributed by atoms with Gasteiger partial charge in [0.15, 0.2) is 9.04 Å². The van der Waals surface area contributed by atoms with Crippen molar-refractivity contribution in [3.8, 4) is 0 Å². The second-order valence-corrected chi connectivity index (χ2v) is 6.90. The largest absolute Gasteiger partial charge is 0.463 e. The lowest BCUT2D eigenvalue weighted by Crippen LogP contribution is -2.11. The Balaban J connectivity index is 2.75. The van der Waals surface area contributed by atoms with E-state index in [4.69, 9.17) is 9.22 Å². The van der Waals surface area contributed by atoms with Gasteiger partial charge in [-0.15, -0.1) is 0 Å². The van der Waals surface area contributed by atoms with Crippen LogP contribution in [0.5, 0.6) is 0 Å². The molecule has 9 heavy (non-hydrogen) atoms. The van der Waals surface area contributed by atoms with Crippen molar-refractivity contribution in [3.05, 3.63) is 0 Å². The molecule has 0 aliphatic rings. The maximum Gasteiger partial charge on any atom is 0.156 e. The van der Waals surface area contributed by atoms with Crippen molar-refractivity contribution < 1.29 is 9.22 Å². The van der Waals surface area contributed by atoms with Crippen molar-refractivity contribution in [2.45, 2.75) is 25.6 Å². The highest BCUT2D eigenvalue weighted by Gasteiger charge is 1.93. The van der Waals surface area contributed by atoms with E-state index in [9.17, 15) is 0 Å². The highest BCUT2D eigenvalue weighted by atomic mass is 28.3. The van der Waals surface area contributed by atoms with E-state index in [1.165, 1.54) is 0 Å². The first-order valence-electron chi connectivity index (χ1n) is 3.50. The minimum Gasteiger partial charge on any atom is -0.463 e. The van der Waals surface area contributed by atoms with Crippen LogP contribution < -0.4 is 0 Å². The third-order valence-electron chi connectivity index (χ3n) is 1.00. The molecule has 0 spiro atoms. The summed E-state index contributed by atoms with van der Waals surface area (Å²) in [5, 5.41) is 8.41. The summed E-state index contributed by atoms with van der Waals surface area (Å²) in [6.45, 7) is 4.70. The number of aliphatic hydroxyl groups excluding tert-OH is 1. The average Bonchev–Trinajstić information content (AvgIpc) is 1.80. The molecule has 0 aliphatic heterocycles. The quantitative estimate of drug-likeness (QED) is 0.453. The van der Waals surface area contributed by atoms with Crippen molar-refractivity contribution in [1.29, 1.82) is 0 Å². The summed E-state index contributed by atoms with van der Waals surface area (Å²) in [7, 11) is -0.979. The highest BCUT2D eigenvalue weighted by molar-refractivity contribution is 6.56. The Morgan fingerprint density at radius 3 is 2.67 bits per heavy atom. The molecular formula is C5H16O2Si2. The fourth-order valence-electron chi connectivity index (χ4n) is 0.533. The predicted molar refractivity (Wildman–Crippen MR) is 45.0 cm³/mol. The van der Waals surface area contributed by atoms with Gasteiger partial charge in [-0.2, -0.15) is 0 Å². The first kappa shape index (κ1) is 9.35. The van der Waals surface area contributed by atoms with E-state index in [1.54, 1.807) is 0 Å². The summed E-state index contributed by atoms with van der Waals surface area (Å²) in [5.74, 6) is 0. The standard InChI is InChI=1S/C5H16O2Si2/c1-9(2)7-8-5-3-4-6/h6,9H,3-5,8H2,1-2H3. The zero-order valence-electron chi connectivity index (χ0n) is 6.26. The van der Waals surface area contributed by atoms with Gasteiger partial charge in [-0.25, -0.2) is 0 Å². The molecular weight excluding hydrogens is 148 g/mol. The van der Waals surface area contributed by atoms with Crippen molar-refractivity contribution in [1.82, 2.24) is 0 Å². The molecule has 0 aromatic rings. The van der Waals surface area contributed by atoms with Crippen LogP contribution in [-0.2, 0) is 4.12 Å². The fourth-order valence-corrected chi connectivity index (χ4v) is 3.51. The third kappa shape index (κ3) is 8.35. The molecule has 4 heteroatoms. The Labute approximate surface area is 60.9 Å².